The number of carbonyl (C=O) groups is 2. The molecule has 12 heavy (non-hydrogen) atoms. The Labute approximate surface area is 69.5 Å². The third kappa shape index (κ3) is 1.54. The highest BCUT2D eigenvalue weighted by Crippen LogP contribution is 2.03. The molecule has 0 aliphatic carbocycles. The van der Waals surface area contributed by atoms with Gasteiger partial charge < -0.3 is 10.6 Å². The van der Waals surface area contributed by atoms with E-state index in [1.807, 2.05) is 0 Å². The minimum Gasteiger partial charge on any atom is -0.343 e. The Balaban J connectivity index is 2.68. The lowest BCUT2D eigenvalue weighted by atomic mass is 10.1. The summed E-state index contributed by atoms with van der Waals surface area (Å²) in [7, 11) is 0. The Morgan fingerprint density at radius 2 is 1.92 bits per heavy atom. The summed E-state index contributed by atoms with van der Waals surface area (Å²) in [6, 6.07) is -1.60. The molecule has 1 rings (SSSR count). The first-order valence-corrected chi connectivity index (χ1v) is 3.77. The molecule has 1 aliphatic heterocycles. The zero-order valence-corrected chi connectivity index (χ0v) is 6.93. The van der Waals surface area contributed by atoms with Crippen LogP contribution in [-0.2, 0) is 9.59 Å². The molecule has 68 valence electrons. The lowest BCUT2D eigenvalue weighted by Gasteiger charge is -2.28. The van der Waals surface area contributed by atoms with Crippen LogP contribution >= 0.6 is 0 Å². The molecule has 0 spiro atoms. The van der Waals surface area contributed by atoms with Gasteiger partial charge in [-0.2, -0.15) is 0 Å². The molecule has 0 saturated carbocycles. The molecule has 1 fully saturated rings. The molecule has 0 unspecified atom stereocenters. The molecule has 2 N–H and O–H groups in total. The van der Waals surface area contributed by atoms with Gasteiger partial charge in [-0.15, -0.1) is 0 Å². The largest absolute Gasteiger partial charge is 0.343 e. The normalized spacial score (nSPS) is 32.2. The van der Waals surface area contributed by atoms with E-state index in [2.05, 4.69) is 10.6 Å². The van der Waals surface area contributed by atoms with Gasteiger partial charge in [-0.1, -0.05) is 0 Å². The molecular formula is C7H11FN2O2. The van der Waals surface area contributed by atoms with Gasteiger partial charge in [-0.3, -0.25) is 9.59 Å². The van der Waals surface area contributed by atoms with Crippen LogP contribution in [-0.4, -0.2) is 30.1 Å². The minimum absolute atomic E-state index is 0.343. The molecule has 1 heterocycles. The minimum atomic E-state index is -1.36. The Kier molecular flexibility index (Phi) is 2.30. The Morgan fingerprint density at radius 3 is 2.42 bits per heavy atom. The Morgan fingerprint density at radius 1 is 1.33 bits per heavy atom. The maximum Gasteiger partial charge on any atom is 0.246 e. The van der Waals surface area contributed by atoms with Crippen LogP contribution in [0.2, 0.25) is 0 Å². The molecule has 2 amide bonds. The fourth-order valence-electron chi connectivity index (χ4n) is 1.04. The summed E-state index contributed by atoms with van der Waals surface area (Å²) in [5.41, 5.74) is 0. The number of hydrogen-bond donors (Lipinski definition) is 2. The van der Waals surface area contributed by atoms with Gasteiger partial charge in [0, 0.05) is 0 Å². The second-order valence-electron chi connectivity index (χ2n) is 2.89. The predicted molar refractivity (Wildman–Crippen MR) is 40.1 cm³/mol. The molecule has 4 nitrogen and oxygen atoms in total. The number of halogens is 1. The molecule has 3 atom stereocenters. The number of hydrogen-bond acceptors (Lipinski definition) is 2. The van der Waals surface area contributed by atoms with Gasteiger partial charge in [-0.05, 0) is 13.8 Å². The van der Waals surface area contributed by atoms with Gasteiger partial charge in [0.05, 0.1) is 0 Å². The lowest BCUT2D eigenvalue weighted by molar-refractivity contribution is -0.137. The van der Waals surface area contributed by atoms with E-state index in [9.17, 15) is 14.0 Å². The summed E-state index contributed by atoms with van der Waals surface area (Å²) in [5, 5.41) is 4.66. The third-order valence-corrected chi connectivity index (χ3v) is 1.79. The van der Waals surface area contributed by atoms with Crippen LogP contribution in [0, 0.1) is 0 Å². The number of piperazine rings is 1. The summed E-state index contributed by atoms with van der Waals surface area (Å²) in [4.78, 5) is 22.0. The predicted octanol–water partition coefficient (Wildman–Crippen LogP) is -0.653. The average molecular weight is 174 g/mol. The van der Waals surface area contributed by atoms with Crippen LogP contribution in [0.3, 0.4) is 0 Å². The molecule has 0 aromatic carbocycles. The van der Waals surface area contributed by atoms with Crippen LogP contribution in [0.4, 0.5) is 4.39 Å². The molecule has 5 heteroatoms. The smallest absolute Gasteiger partial charge is 0.246 e. The van der Waals surface area contributed by atoms with Crippen molar-refractivity contribution in [2.75, 3.05) is 0 Å². The zero-order chi connectivity index (χ0) is 9.30. The topological polar surface area (TPSA) is 58.2 Å². The van der Waals surface area contributed by atoms with E-state index >= 15 is 0 Å². The first kappa shape index (κ1) is 8.96. The van der Waals surface area contributed by atoms with Gasteiger partial charge in [-0.25, -0.2) is 4.39 Å². The SMILES string of the molecule is C[C@@H]1NC(=O)[C@H]([C@@H](C)F)NC1=O. The molecule has 0 aromatic rings. The van der Waals surface area contributed by atoms with Crippen molar-refractivity contribution in [3.8, 4) is 0 Å². The van der Waals surface area contributed by atoms with E-state index in [1.54, 1.807) is 6.92 Å². The van der Waals surface area contributed by atoms with E-state index < -0.39 is 24.2 Å². The third-order valence-electron chi connectivity index (χ3n) is 1.79. The monoisotopic (exact) mass is 174 g/mol. The second kappa shape index (κ2) is 3.08. The van der Waals surface area contributed by atoms with Gasteiger partial charge >= 0.3 is 0 Å². The first-order valence-electron chi connectivity index (χ1n) is 3.77. The van der Waals surface area contributed by atoms with E-state index in [4.69, 9.17) is 0 Å². The van der Waals surface area contributed by atoms with Crippen LogP contribution in [0.25, 0.3) is 0 Å². The van der Waals surface area contributed by atoms with E-state index in [-0.39, 0.29) is 5.91 Å². The Hall–Kier alpha value is -1.13. The van der Waals surface area contributed by atoms with Crippen LogP contribution in [0.5, 0.6) is 0 Å². The standard InChI is InChI=1S/C7H11FN2O2/c1-3(8)5-7(12)9-4(2)6(11)10-5/h3-5H,1-2H3,(H,9,12)(H,10,11)/t3-,4+,5+/m1/s1. The van der Waals surface area contributed by atoms with Crippen molar-refractivity contribution in [1.82, 2.24) is 10.6 Å². The van der Waals surface area contributed by atoms with Gasteiger partial charge in [0.2, 0.25) is 11.8 Å². The Bertz CT molecular complexity index is 217. The highest BCUT2D eigenvalue weighted by atomic mass is 19.1. The fourth-order valence-corrected chi connectivity index (χ4v) is 1.04. The lowest BCUT2D eigenvalue weighted by Crippen LogP contribution is -2.63. The number of carbonyl (C=O) groups excluding carboxylic acids is 2. The molecule has 1 aliphatic rings. The van der Waals surface area contributed by atoms with Crippen molar-refractivity contribution < 1.29 is 14.0 Å². The van der Waals surface area contributed by atoms with Gasteiger partial charge in [0.25, 0.3) is 0 Å². The van der Waals surface area contributed by atoms with E-state index in [0.717, 1.165) is 0 Å². The maximum atomic E-state index is 12.7. The second-order valence-corrected chi connectivity index (χ2v) is 2.89. The summed E-state index contributed by atoms with van der Waals surface area (Å²) < 4.78 is 12.7. The average Bonchev–Trinajstić information content (AvgIpc) is 1.96. The number of nitrogens with one attached hydrogen (secondary N) is 2. The van der Waals surface area contributed by atoms with Crippen molar-refractivity contribution in [1.29, 1.82) is 0 Å². The van der Waals surface area contributed by atoms with Crippen molar-refractivity contribution in [2.24, 2.45) is 0 Å². The van der Waals surface area contributed by atoms with E-state index in [0.29, 0.717) is 0 Å². The molecule has 1 saturated heterocycles. The van der Waals surface area contributed by atoms with Crippen molar-refractivity contribution in [3.63, 3.8) is 0 Å². The van der Waals surface area contributed by atoms with Gasteiger partial charge in [0.1, 0.15) is 18.3 Å². The highest BCUT2D eigenvalue weighted by Gasteiger charge is 2.34. The number of rotatable bonds is 1. The molecular weight excluding hydrogens is 163 g/mol. The van der Waals surface area contributed by atoms with Crippen molar-refractivity contribution >= 4 is 11.8 Å². The van der Waals surface area contributed by atoms with Gasteiger partial charge in [0.15, 0.2) is 0 Å². The van der Waals surface area contributed by atoms with Crippen molar-refractivity contribution in [3.05, 3.63) is 0 Å². The first-order chi connectivity index (χ1) is 5.52. The zero-order valence-electron chi connectivity index (χ0n) is 6.93. The van der Waals surface area contributed by atoms with Crippen LogP contribution in [0.1, 0.15) is 13.8 Å². The number of amides is 2. The summed E-state index contributed by atoms with van der Waals surface area (Å²) in [5.74, 6) is -0.804. The molecule has 0 aromatic heterocycles. The molecule has 0 radical (unpaired) electrons. The fraction of sp³-hybridized carbons (Fsp3) is 0.714. The maximum absolute atomic E-state index is 12.7. The van der Waals surface area contributed by atoms with Crippen LogP contribution in [0.15, 0.2) is 0 Å². The van der Waals surface area contributed by atoms with Crippen molar-refractivity contribution in [2.45, 2.75) is 32.1 Å². The highest BCUT2D eigenvalue weighted by molar-refractivity contribution is 5.96. The number of alkyl halides is 1. The summed E-state index contributed by atoms with van der Waals surface area (Å²) in [6.45, 7) is 2.78. The van der Waals surface area contributed by atoms with Crippen LogP contribution < -0.4 is 10.6 Å². The molecule has 0 bridgehead atoms. The quantitative estimate of drug-likeness (QED) is 0.555. The van der Waals surface area contributed by atoms with E-state index in [1.165, 1.54) is 6.92 Å². The summed E-state index contributed by atoms with van der Waals surface area (Å²) >= 11 is 0. The summed E-state index contributed by atoms with van der Waals surface area (Å²) in [6.07, 6.45) is -1.36.